The second kappa shape index (κ2) is 81.6. The topological polar surface area (TPSA) is 549 Å². The Morgan fingerprint density at radius 1 is 0.241 bits per heavy atom. The Labute approximate surface area is 827 Å². The normalized spacial score (nSPS) is 15.5. The van der Waals surface area contributed by atoms with E-state index in [4.69, 9.17) is 34.3 Å². The highest BCUT2D eigenvalue weighted by molar-refractivity contribution is 5.96. The lowest BCUT2D eigenvalue weighted by molar-refractivity contribution is -0.140. The third-order valence-corrected chi connectivity index (χ3v) is 22.2. The molecular formula is C99H152N12O30. The van der Waals surface area contributed by atoms with Crippen LogP contribution in [0.25, 0.3) is 0 Å². The summed E-state index contributed by atoms with van der Waals surface area (Å²) in [7, 11) is 2.46. The number of unbranched alkanes of at least 4 members (excludes halogenated alkanes) is 12. The highest BCUT2D eigenvalue weighted by atomic mass is 16.6. The number of carbonyl (C=O) groups is 21. The number of rotatable bonds is 53. The van der Waals surface area contributed by atoms with Gasteiger partial charge in [0, 0.05) is 236 Å². The lowest BCUT2D eigenvalue weighted by atomic mass is 10.2. The Bertz CT molecular complexity index is 3920. The maximum atomic E-state index is 11.8. The van der Waals surface area contributed by atoms with Crippen LogP contribution in [0.1, 0.15) is 231 Å². The number of ether oxygens (including phenoxy) is 6. The fraction of sp³-hybridized carbons (Fsp3) is 0.626. The molecule has 0 saturated carbocycles. The van der Waals surface area contributed by atoms with Crippen molar-refractivity contribution in [2.75, 3.05) is 172 Å². The number of methoxy groups -OCH3 is 2. The van der Waals surface area contributed by atoms with Gasteiger partial charge in [-0.25, -0.2) is 43.2 Å². The van der Waals surface area contributed by atoms with Gasteiger partial charge in [0.15, 0.2) is 0 Å². The fourth-order valence-electron chi connectivity index (χ4n) is 14.5. The second-order valence-electron chi connectivity index (χ2n) is 33.1. The summed E-state index contributed by atoms with van der Waals surface area (Å²) >= 11 is 0. The molecular weight excluding hydrogens is 1840 g/mol. The van der Waals surface area contributed by atoms with Crippen molar-refractivity contribution in [2.24, 2.45) is 0 Å². The number of esters is 6. The van der Waals surface area contributed by atoms with E-state index < -0.39 is 53.7 Å². The number of hydrogen-bond acceptors (Lipinski definition) is 27. The molecule has 0 radical (unpaired) electrons. The molecule has 0 aromatic rings. The molecule has 12 amide bonds. The Morgan fingerprint density at radius 2 is 0.475 bits per heavy atom. The number of carboxylic acids is 3. The predicted molar refractivity (Wildman–Crippen MR) is 518 cm³/mol. The maximum Gasteiger partial charge on any atom is 0.331 e. The first-order valence-electron chi connectivity index (χ1n) is 48.9. The van der Waals surface area contributed by atoms with Crippen LogP contribution >= 0.6 is 0 Å². The summed E-state index contributed by atoms with van der Waals surface area (Å²) in [6.07, 6.45) is 46.4. The van der Waals surface area contributed by atoms with Crippen LogP contribution in [-0.2, 0) is 129 Å². The molecule has 8 aliphatic heterocycles. The third kappa shape index (κ3) is 68.5. The minimum atomic E-state index is -1.20. The van der Waals surface area contributed by atoms with E-state index in [1.165, 1.54) is 45.3 Å². The number of carbonyl (C=O) groups excluding carboxylic acids is 18. The maximum absolute atomic E-state index is 11.8. The van der Waals surface area contributed by atoms with Gasteiger partial charge in [0.25, 0.3) is 0 Å². The van der Waals surface area contributed by atoms with Gasteiger partial charge in [-0.15, -0.1) is 0 Å². The van der Waals surface area contributed by atoms with Crippen LogP contribution in [0.5, 0.6) is 0 Å². The van der Waals surface area contributed by atoms with E-state index >= 15 is 0 Å². The van der Waals surface area contributed by atoms with Gasteiger partial charge in [0.1, 0.15) is 13.2 Å². The average Bonchev–Trinajstić information content (AvgIpc) is 1.82. The van der Waals surface area contributed by atoms with Crippen LogP contribution in [0.3, 0.4) is 0 Å². The Balaban J connectivity index is 0.000000807. The third-order valence-electron chi connectivity index (χ3n) is 22.2. The van der Waals surface area contributed by atoms with Gasteiger partial charge in [-0.2, -0.15) is 0 Å². The zero-order chi connectivity index (χ0) is 104. The lowest BCUT2D eigenvalue weighted by Crippen LogP contribution is -2.34. The van der Waals surface area contributed by atoms with Gasteiger partial charge in [-0.05, 0) is 141 Å². The summed E-state index contributed by atoms with van der Waals surface area (Å²) in [4.78, 5) is 245. The quantitative estimate of drug-likeness (QED) is 0.0153. The summed E-state index contributed by atoms with van der Waals surface area (Å²) in [6, 6.07) is 0. The van der Waals surface area contributed by atoms with Crippen molar-refractivity contribution in [2.45, 2.75) is 231 Å². The van der Waals surface area contributed by atoms with Crippen LogP contribution in [0.15, 0.2) is 98.7 Å². The Kier molecular flexibility index (Phi) is 72.8. The minimum absolute atomic E-state index is 0.0668. The highest BCUT2D eigenvalue weighted by Crippen LogP contribution is 2.18. The average molecular weight is 1990 g/mol. The number of likely N-dealkylation sites (tertiary alicyclic amines) is 8. The number of nitrogens with zero attached hydrogens (tertiary/aromatic N) is 8. The molecule has 788 valence electrons. The zero-order valence-electron chi connectivity index (χ0n) is 82.5. The molecule has 0 aliphatic carbocycles. The Hall–Kier alpha value is -13.2. The molecule has 0 bridgehead atoms. The molecule has 42 nitrogen and oxygen atoms in total. The van der Waals surface area contributed by atoms with E-state index in [0.29, 0.717) is 135 Å². The number of nitrogens with one attached hydrogen (secondary N) is 4. The molecule has 0 unspecified atom stereocenters. The van der Waals surface area contributed by atoms with Gasteiger partial charge in [0.2, 0.25) is 70.9 Å². The number of aliphatic carboxylic acids is 3. The van der Waals surface area contributed by atoms with Crippen LogP contribution < -0.4 is 21.3 Å². The molecule has 7 N–H and O–H groups in total. The monoisotopic (exact) mass is 1990 g/mol. The van der Waals surface area contributed by atoms with Crippen molar-refractivity contribution in [1.29, 1.82) is 0 Å². The van der Waals surface area contributed by atoms with E-state index in [9.17, 15) is 101 Å². The minimum Gasteiger partial charge on any atom is -0.478 e. The van der Waals surface area contributed by atoms with Gasteiger partial charge in [0.05, 0.1) is 40.5 Å². The van der Waals surface area contributed by atoms with Crippen molar-refractivity contribution in [3.05, 3.63) is 98.7 Å². The molecule has 141 heavy (non-hydrogen) atoms. The number of amides is 12. The van der Waals surface area contributed by atoms with E-state index in [0.717, 1.165) is 306 Å². The van der Waals surface area contributed by atoms with Crippen LogP contribution in [-0.4, -0.2) is 351 Å². The van der Waals surface area contributed by atoms with Crippen molar-refractivity contribution in [1.82, 2.24) is 60.5 Å². The standard InChI is InChI=1S/C15H26N2O2.C15H25NO3.C14H21NO5.C13H22N2O2.C11H16N2O4.C11H15NO5.C10H14N2O4.C10H13NO5/c1-2-14(18)16-11-7-3-4-8-12-17-13-9-5-6-10-15(17)19;1-2-15(18)19-13-9-4-3-7-11-16-12-8-5-6-10-14(16)17;16-12-6-5-10-15(12)9-3-1-2-4-11-20-14(19)8-7-13(17)18;1-2-12(16)14-9-5-3-4-6-10-15-11-7-8-13(15)17;1-17-11(16)5-4-9(14)12-6-8-13-7-2-3-10(13)15;1-16-10(14)4-5-11(15)17-8-7-12-6-2-3-9(12)13;13-8(3-4-10(15)16)11-5-7-12-6-1-2-9(12)14;12-8-2-1-5-11(8)6-7-16-10(15)4-3-9(13)14/h2H,1,3-13H2,(H,16,18);2H,1,3-13H2;7-8H,1-6,9-11H2,(H,17,18);2H,1,3-11H2,(H,14,16);4-5H,2-3,6-8H2,1H3,(H,12,14);4-5H,2-3,6-8H2,1H3;3-4H,1-2,5-7H2,(H,11,13)(H,15,16);3-4H,1-2,5-7H2,(H,13,14). The van der Waals surface area contributed by atoms with Crippen LogP contribution in [0.2, 0.25) is 0 Å². The number of hydrogen-bond donors (Lipinski definition) is 7. The molecule has 0 aromatic carbocycles. The van der Waals surface area contributed by atoms with E-state index in [2.05, 4.69) is 50.5 Å². The van der Waals surface area contributed by atoms with Crippen LogP contribution in [0.4, 0.5) is 0 Å². The molecule has 8 rings (SSSR count). The zero-order valence-corrected chi connectivity index (χ0v) is 82.5. The first-order valence-corrected chi connectivity index (χ1v) is 48.9. The molecule has 42 heteroatoms. The Morgan fingerprint density at radius 3 is 0.766 bits per heavy atom. The van der Waals surface area contributed by atoms with E-state index in [-0.39, 0.29) is 66.4 Å². The largest absolute Gasteiger partial charge is 0.478 e. The van der Waals surface area contributed by atoms with Crippen molar-refractivity contribution in [3.8, 4) is 0 Å². The highest BCUT2D eigenvalue weighted by Gasteiger charge is 2.26. The molecule has 8 fully saturated rings. The SMILES string of the molecule is C=CC(=O)NCCCCCCN1CCCC1=O.C=CC(=O)NCCCCCCN1CCCCCC1=O.C=CC(=O)OCCCCCCN1CCCCCC1=O.COC(=O)C=CC(=O)NCCN1CCCC1=O.COC(=O)C=CC(=O)OCCN1CCCC1=O.O=C(O)C=CC(=O)NCCN1CCCC1=O.O=C(O)C=CC(=O)OCCCCCCN1CCCC1=O.O=C(O)C=CC(=O)OCCN1CCCC1=O. The predicted octanol–water partition coefficient (Wildman–Crippen LogP) is 6.25. The summed E-state index contributed by atoms with van der Waals surface area (Å²) < 4.78 is 27.9. The van der Waals surface area contributed by atoms with Gasteiger partial charge in [-0.3, -0.25) is 57.5 Å². The number of carboxylic acid groups (broad SMARTS) is 3. The van der Waals surface area contributed by atoms with Gasteiger partial charge in [-0.1, -0.05) is 71.1 Å². The first-order chi connectivity index (χ1) is 67.7. The first kappa shape index (κ1) is 126. The van der Waals surface area contributed by atoms with Crippen molar-refractivity contribution >= 4 is 125 Å². The van der Waals surface area contributed by atoms with Crippen molar-refractivity contribution < 1.29 is 144 Å². The molecule has 0 atom stereocenters. The molecule has 0 spiro atoms. The summed E-state index contributed by atoms with van der Waals surface area (Å²) in [5, 5.41) is 35.4. The van der Waals surface area contributed by atoms with E-state index in [1.54, 1.807) is 19.6 Å². The lowest BCUT2D eigenvalue weighted by Gasteiger charge is -2.20. The smallest absolute Gasteiger partial charge is 0.331 e. The second-order valence-corrected chi connectivity index (χ2v) is 33.1. The van der Waals surface area contributed by atoms with Crippen LogP contribution in [0, 0.1) is 0 Å². The molecule has 8 aliphatic rings. The van der Waals surface area contributed by atoms with Gasteiger partial charge >= 0.3 is 53.7 Å². The van der Waals surface area contributed by atoms with Gasteiger partial charge < -0.3 is 104 Å². The van der Waals surface area contributed by atoms with E-state index in [1.807, 2.05) is 19.6 Å². The fourth-order valence-corrected chi connectivity index (χ4v) is 14.5. The summed E-state index contributed by atoms with van der Waals surface area (Å²) in [5.74, 6) is -6.48. The summed E-state index contributed by atoms with van der Waals surface area (Å²) in [6.45, 7) is 25.1. The van der Waals surface area contributed by atoms with Crippen molar-refractivity contribution in [3.63, 3.8) is 0 Å². The molecule has 8 heterocycles. The molecule has 0 aromatic heterocycles. The molecule has 8 saturated heterocycles. The summed E-state index contributed by atoms with van der Waals surface area (Å²) in [5.41, 5.74) is 0.